The Kier molecular flexibility index (Phi) is 6.80. The van der Waals surface area contributed by atoms with E-state index in [0.717, 1.165) is 31.5 Å². The second-order valence-electron chi connectivity index (χ2n) is 3.13. The van der Waals surface area contributed by atoms with Gasteiger partial charge in [-0.1, -0.05) is 28.8 Å². The zero-order chi connectivity index (χ0) is 9.36. The van der Waals surface area contributed by atoms with Crippen LogP contribution in [0.15, 0.2) is 0 Å². The third-order valence-electron chi connectivity index (χ3n) is 1.98. The Labute approximate surface area is 88.3 Å². The molecule has 1 saturated heterocycles. The minimum absolute atomic E-state index is 0.142. The molecule has 4 heteroatoms. The van der Waals surface area contributed by atoms with Gasteiger partial charge in [0, 0.05) is 11.9 Å². The molecule has 1 aliphatic rings. The average molecular weight is 252 g/mol. The van der Waals surface area contributed by atoms with Crippen LogP contribution in [-0.2, 0) is 9.47 Å². The highest BCUT2D eigenvalue weighted by Gasteiger charge is 2.13. The van der Waals surface area contributed by atoms with Gasteiger partial charge in [-0.05, 0) is 12.8 Å². The Balaban J connectivity index is 1.78. The van der Waals surface area contributed by atoms with E-state index < -0.39 is 0 Å². The Bertz CT molecular complexity index is 118. The number of rotatable bonds is 7. The van der Waals surface area contributed by atoms with E-state index in [1.807, 2.05) is 0 Å². The summed E-state index contributed by atoms with van der Waals surface area (Å²) < 4.78 is 10.7. The molecule has 3 nitrogen and oxygen atoms in total. The lowest BCUT2D eigenvalue weighted by Crippen LogP contribution is -2.26. The number of unbranched alkanes of at least 4 members (excludes halogenated alkanes) is 3. The van der Waals surface area contributed by atoms with Crippen LogP contribution in [-0.4, -0.2) is 31.5 Å². The van der Waals surface area contributed by atoms with Crippen LogP contribution in [0.5, 0.6) is 0 Å². The molecule has 1 unspecified atom stereocenters. The van der Waals surface area contributed by atoms with Gasteiger partial charge in [0.1, 0.15) is 0 Å². The molecule has 1 rings (SSSR count). The molecular weight excluding hydrogens is 234 g/mol. The SMILES string of the molecule is BrCCCCCCOC1NCCO1. The number of alkyl halides is 1. The molecule has 1 N–H and O–H groups in total. The molecule has 13 heavy (non-hydrogen) atoms. The fourth-order valence-corrected chi connectivity index (χ4v) is 1.65. The van der Waals surface area contributed by atoms with Crippen molar-refractivity contribution in [1.82, 2.24) is 5.32 Å². The Morgan fingerprint density at radius 2 is 2.15 bits per heavy atom. The number of halogens is 1. The lowest BCUT2D eigenvalue weighted by molar-refractivity contribution is -0.123. The zero-order valence-electron chi connectivity index (χ0n) is 7.93. The summed E-state index contributed by atoms with van der Waals surface area (Å²) in [6.07, 6.45) is 4.79. The Morgan fingerprint density at radius 3 is 2.85 bits per heavy atom. The molecule has 1 heterocycles. The fourth-order valence-electron chi connectivity index (χ4n) is 1.25. The van der Waals surface area contributed by atoms with Gasteiger partial charge in [-0.25, -0.2) is 0 Å². The van der Waals surface area contributed by atoms with E-state index in [9.17, 15) is 0 Å². The van der Waals surface area contributed by atoms with Crippen molar-refractivity contribution in [3.8, 4) is 0 Å². The minimum atomic E-state index is -0.142. The monoisotopic (exact) mass is 251 g/mol. The normalized spacial score (nSPS) is 22.4. The molecule has 0 radical (unpaired) electrons. The van der Waals surface area contributed by atoms with E-state index >= 15 is 0 Å². The number of ether oxygens (including phenoxy) is 2. The van der Waals surface area contributed by atoms with E-state index in [1.54, 1.807) is 0 Å². The molecule has 78 valence electrons. The summed E-state index contributed by atoms with van der Waals surface area (Å²) >= 11 is 3.41. The highest BCUT2D eigenvalue weighted by molar-refractivity contribution is 9.09. The van der Waals surface area contributed by atoms with Crippen LogP contribution >= 0.6 is 15.9 Å². The van der Waals surface area contributed by atoms with Crippen molar-refractivity contribution >= 4 is 15.9 Å². The maximum atomic E-state index is 5.44. The highest BCUT2D eigenvalue weighted by Crippen LogP contribution is 2.04. The van der Waals surface area contributed by atoms with Crippen molar-refractivity contribution in [3.05, 3.63) is 0 Å². The quantitative estimate of drug-likeness (QED) is 0.554. The summed E-state index contributed by atoms with van der Waals surface area (Å²) in [7, 11) is 0. The molecule has 0 aliphatic carbocycles. The topological polar surface area (TPSA) is 30.5 Å². The summed E-state index contributed by atoms with van der Waals surface area (Å²) in [5.41, 5.74) is 0. The summed E-state index contributed by atoms with van der Waals surface area (Å²) in [6, 6.07) is 0. The molecule has 0 amide bonds. The van der Waals surface area contributed by atoms with Gasteiger partial charge in [-0.2, -0.15) is 0 Å². The average Bonchev–Trinajstić information content (AvgIpc) is 2.63. The molecule has 1 atom stereocenters. The summed E-state index contributed by atoms with van der Waals surface area (Å²) in [5, 5.41) is 4.22. The Hall–Kier alpha value is 0.360. The van der Waals surface area contributed by atoms with Crippen molar-refractivity contribution in [3.63, 3.8) is 0 Å². The third-order valence-corrected chi connectivity index (χ3v) is 2.54. The Morgan fingerprint density at radius 1 is 1.31 bits per heavy atom. The van der Waals surface area contributed by atoms with Crippen LogP contribution < -0.4 is 5.32 Å². The van der Waals surface area contributed by atoms with Crippen LogP contribution in [0.2, 0.25) is 0 Å². The third kappa shape index (κ3) is 5.62. The van der Waals surface area contributed by atoms with Gasteiger partial charge in [0.15, 0.2) is 0 Å². The molecule has 0 saturated carbocycles. The van der Waals surface area contributed by atoms with Crippen molar-refractivity contribution in [2.75, 3.05) is 25.1 Å². The first kappa shape index (κ1) is 11.4. The first-order chi connectivity index (χ1) is 6.43. The molecule has 0 bridgehead atoms. The molecule has 0 spiro atoms. The standard InChI is InChI=1S/C9H18BrNO2/c10-5-3-1-2-4-7-12-9-11-6-8-13-9/h9,11H,1-8H2. The van der Waals surface area contributed by atoms with Gasteiger partial charge in [0.25, 0.3) is 0 Å². The van der Waals surface area contributed by atoms with E-state index in [-0.39, 0.29) is 6.41 Å². The predicted molar refractivity (Wildman–Crippen MR) is 56.0 cm³/mol. The first-order valence-electron chi connectivity index (χ1n) is 4.96. The van der Waals surface area contributed by atoms with E-state index in [2.05, 4.69) is 21.2 Å². The van der Waals surface area contributed by atoms with Crippen LogP contribution in [0.3, 0.4) is 0 Å². The van der Waals surface area contributed by atoms with Crippen molar-refractivity contribution in [2.45, 2.75) is 32.1 Å². The van der Waals surface area contributed by atoms with Crippen LogP contribution in [0.1, 0.15) is 25.7 Å². The molecule has 0 aromatic rings. The van der Waals surface area contributed by atoms with Crippen molar-refractivity contribution in [2.24, 2.45) is 0 Å². The van der Waals surface area contributed by atoms with Gasteiger partial charge in [-0.3, -0.25) is 5.32 Å². The number of hydrogen-bond acceptors (Lipinski definition) is 3. The van der Waals surface area contributed by atoms with Crippen LogP contribution in [0.25, 0.3) is 0 Å². The first-order valence-corrected chi connectivity index (χ1v) is 6.08. The van der Waals surface area contributed by atoms with Crippen molar-refractivity contribution in [1.29, 1.82) is 0 Å². The second kappa shape index (κ2) is 7.74. The lowest BCUT2D eigenvalue weighted by atomic mass is 10.2. The van der Waals surface area contributed by atoms with Gasteiger partial charge in [0.05, 0.1) is 13.2 Å². The largest absolute Gasteiger partial charge is 0.340 e. The minimum Gasteiger partial charge on any atom is -0.340 e. The van der Waals surface area contributed by atoms with Gasteiger partial charge in [0.2, 0.25) is 6.41 Å². The van der Waals surface area contributed by atoms with E-state index in [4.69, 9.17) is 9.47 Å². The summed E-state index contributed by atoms with van der Waals surface area (Å²) in [5.74, 6) is 0. The maximum absolute atomic E-state index is 5.44. The number of hydrogen-bond donors (Lipinski definition) is 1. The van der Waals surface area contributed by atoms with E-state index in [0.29, 0.717) is 0 Å². The second-order valence-corrected chi connectivity index (χ2v) is 3.92. The van der Waals surface area contributed by atoms with Crippen molar-refractivity contribution < 1.29 is 9.47 Å². The molecule has 1 aliphatic heterocycles. The molecule has 1 fully saturated rings. The molecular formula is C9H18BrNO2. The summed E-state index contributed by atoms with van der Waals surface area (Å²) in [6.45, 7) is 2.49. The molecule has 0 aromatic heterocycles. The van der Waals surface area contributed by atoms with Gasteiger partial charge in [-0.15, -0.1) is 0 Å². The van der Waals surface area contributed by atoms with E-state index in [1.165, 1.54) is 19.3 Å². The van der Waals surface area contributed by atoms with Gasteiger partial charge >= 0.3 is 0 Å². The predicted octanol–water partition coefficient (Wildman–Crippen LogP) is 1.86. The lowest BCUT2D eigenvalue weighted by Gasteiger charge is -2.10. The van der Waals surface area contributed by atoms with Crippen LogP contribution in [0, 0.1) is 0 Å². The van der Waals surface area contributed by atoms with Crippen LogP contribution in [0.4, 0.5) is 0 Å². The van der Waals surface area contributed by atoms with Gasteiger partial charge < -0.3 is 9.47 Å². The zero-order valence-corrected chi connectivity index (χ0v) is 9.51. The smallest absolute Gasteiger partial charge is 0.216 e. The maximum Gasteiger partial charge on any atom is 0.216 e. The number of nitrogens with one attached hydrogen (secondary N) is 1. The fraction of sp³-hybridized carbons (Fsp3) is 1.00. The molecule has 0 aromatic carbocycles. The highest BCUT2D eigenvalue weighted by atomic mass is 79.9. The summed E-state index contributed by atoms with van der Waals surface area (Å²) in [4.78, 5) is 0.